The topological polar surface area (TPSA) is 29.5 Å². The Morgan fingerprint density at radius 2 is 2.25 bits per heavy atom. The van der Waals surface area contributed by atoms with Crippen molar-refractivity contribution in [2.24, 2.45) is 0 Å². The molecule has 0 aromatic heterocycles. The number of ether oxygens (including phenoxy) is 1. The number of halogens is 1. The first-order valence-electron chi connectivity index (χ1n) is 4.24. The largest absolute Gasteiger partial charge is 0.389 e. The molecule has 0 aliphatic heterocycles. The monoisotopic (exact) mass is 192 g/mol. The minimum Gasteiger partial charge on any atom is -0.389 e. The average Bonchev–Trinajstić information content (AvgIpc) is 2.10. The number of aliphatic hydroxyl groups is 1. The molecule has 2 nitrogen and oxygen atoms in total. The quantitative estimate of drug-likeness (QED) is 0.362. The van der Waals surface area contributed by atoms with Crippen molar-refractivity contribution in [2.45, 2.75) is 25.4 Å². The number of allylic oxidation sites excluding steroid dienone is 1. The first-order chi connectivity index (χ1) is 5.81. The van der Waals surface area contributed by atoms with Crippen molar-refractivity contribution < 1.29 is 9.84 Å². The summed E-state index contributed by atoms with van der Waals surface area (Å²) in [6.45, 7) is 4.66. The highest BCUT2D eigenvalue weighted by molar-refractivity contribution is 6.18. The molecule has 0 saturated carbocycles. The van der Waals surface area contributed by atoms with Gasteiger partial charge in [-0.15, -0.1) is 18.2 Å². The Morgan fingerprint density at radius 1 is 1.50 bits per heavy atom. The van der Waals surface area contributed by atoms with Crippen LogP contribution >= 0.6 is 11.6 Å². The fraction of sp³-hybridized carbons (Fsp3) is 0.778. The molecule has 0 heterocycles. The highest BCUT2D eigenvalue weighted by Gasteiger charge is 2.00. The molecule has 3 heteroatoms. The van der Waals surface area contributed by atoms with Crippen molar-refractivity contribution in [3.63, 3.8) is 0 Å². The molecule has 0 fully saturated rings. The fourth-order valence-electron chi connectivity index (χ4n) is 0.757. The highest BCUT2D eigenvalue weighted by Crippen LogP contribution is 1.97. The maximum Gasteiger partial charge on any atom is 0.0908 e. The van der Waals surface area contributed by atoms with Gasteiger partial charge in [0.25, 0.3) is 0 Å². The van der Waals surface area contributed by atoms with E-state index in [0.717, 1.165) is 19.3 Å². The van der Waals surface area contributed by atoms with Crippen LogP contribution in [-0.2, 0) is 4.74 Å². The maximum atomic E-state index is 8.99. The van der Waals surface area contributed by atoms with Crippen molar-refractivity contribution in [2.75, 3.05) is 19.1 Å². The number of hydrogen-bond acceptors (Lipinski definition) is 2. The van der Waals surface area contributed by atoms with Gasteiger partial charge >= 0.3 is 0 Å². The van der Waals surface area contributed by atoms with E-state index < -0.39 is 6.10 Å². The Labute approximate surface area is 79.2 Å². The van der Waals surface area contributed by atoms with E-state index in [1.807, 2.05) is 6.08 Å². The van der Waals surface area contributed by atoms with Crippen molar-refractivity contribution in [1.82, 2.24) is 0 Å². The summed E-state index contributed by atoms with van der Waals surface area (Å²) in [6.07, 6.45) is 4.52. The van der Waals surface area contributed by atoms with Gasteiger partial charge < -0.3 is 9.84 Å². The van der Waals surface area contributed by atoms with E-state index in [0.29, 0.717) is 13.2 Å². The van der Waals surface area contributed by atoms with Gasteiger partial charge in [0.1, 0.15) is 0 Å². The number of alkyl halides is 1. The molecule has 0 unspecified atom stereocenters. The predicted molar refractivity (Wildman–Crippen MR) is 51.6 cm³/mol. The van der Waals surface area contributed by atoms with E-state index in [1.54, 1.807) is 0 Å². The van der Waals surface area contributed by atoms with Crippen molar-refractivity contribution in [1.29, 1.82) is 0 Å². The summed E-state index contributed by atoms with van der Waals surface area (Å²) in [7, 11) is 0. The minimum absolute atomic E-state index is 0.243. The maximum absolute atomic E-state index is 8.99. The molecule has 12 heavy (non-hydrogen) atoms. The summed E-state index contributed by atoms with van der Waals surface area (Å²) in [4.78, 5) is 0. The first kappa shape index (κ1) is 11.9. The lowest BCUT2D eigenvalue weighted by molar-refractivity contribution is 0.0464. The summed E-state index contributed by atoms with van der Waals surface area (Å²) < 4.78 is 5.16. The lowest BCUT2D eigenvalue weighted by Crippen LogP contribution is -2.17. The zero-order valence-electron chi connectivity index (χ0n) is 7.34. The van der Waals surface area contributed by atoms with Crippen LogP contribution in [0.5, 0.6) is 0 Å². The van der Waals surface area contributed by atoms with Crippen LogP contribution in [0.2, 0.25) is 0 Å². The van der Waals surface area contributed by atoms with Crippen LogP contribution in [0.15, 0.2) is 12.7 Å². The molecule has 0 spiro atoms. The molecule has 0 aromatic rings. The summed E-state index contributed by atoms with van der Waals surface area (Å²) >= 11 is 5.37. The zero-order valence-corrected chi connectivity index (χ0v) is 8.09. The standard InChI is InChI=1S/C9H17ClO2/c1-2-3-4-5-6-12-8-9(11)7-10/h2,9,11H,1,3-8H2/t9-/m0/s1. The molecule has 0 aliphatic carbocycles. The number of rotatable bonds is 8. The fourth-order valence-corrected chi connectivity index (χ4v) is 0.846. The van der Waals surface area contributed by atoms with Crippen LogP contribution in [0.4, 0.5) is 0 Å². The van der Waals surface area contributed by atoms with Gasteiger partial charge in [-0.2, -0.15) is 0 Å². The van der Waals surface area contributed by atoms with Gasteiger partial charge in [0.2, 0.25) is 0 Å². The normalized spacial score (nSPS) is 12.8. The van der Waals surface area contributed by atoms with E-state index in [-0.39, 0.29) is 5.88 Å². The predicted octanol–water partition coefficient (Wildman–Crippen LogP) is 1.96. The Hall–Kier alpha value is -0.0500. The van der Waals surface area contributed by atoms with Gasteiger partial charge in [-0.3, -0.25) is 0 Å². The molecule has 1 atom stereocenters. The third-order valence-corrected chi connectivity index (χ3v) is 1.79. The Kier molecular flexibility index (Phi) is 9.00. The summed E-state index contributed by atoms with van der Waals surface area (Å²) in [6, 6.07) is 0. The first-order valence-corrected chi connectivity index (χ1v) is 4.77. The lowest BCUT2D eigenvalue weighted by Gasteiger charge is -2.06. The van der Waals surface area contributed by atoms with Crippen LogP contribution < -0.4 is 0 Å². The van der Waals surface area contributed by atoms with Crippen molar-refractivity contribution in [3.05, 3.63) is 12.7 Å². The Morgan fingerprint density at radius 3 is 2.83 bits per heavy atom. The highest BCUT2D eigenvalue weighted by atomic mass is 35.5. The SMILES string of the molecule is C=CCCCCOC[C@@H](O)CCl. The lowest BCUT2D eigenvalue weighted by atomic mass is 10.2. The van der Waals surface area contributed by atoms with Gasteiger partial charge in [-0.1, -0.05) is 6.08 Å². The third-order valence-electron chi connectivity index (χ3n) is 1.44. The molecule has 0 rings (SSSR count). The van der Waals surface area contributed by atoms with Gasteiger partial charge in [-0.25, -0.2) is 0 Å². The molecule has 0 saturated heterocycles. The second-order valence-corrected chi connectivity index (χ2v) is 2.98. The van der Waals surface area contributed by atoms with E-state index >= 15 is 0 Å². The molecule has 72 valence electrons. The van der Waals surface area contributed by atoms with Gasteiger partial charge in [0.05, 0.1) is 18.6 Å². The van der Waals surface area contributed by atoms with Gasteiger partial charge in [-0.05, 0) is 19.3 Å². The van der Waals surface area contributed by atoms with Gasteiger partial charge in [0, 0.05) is 6.61 Å². The van der Waals surface area contributed by atoms with Crippen LogP contribution in [0.25, 0.3) is 0 Å². The molecule has 0 amide bonds. The molecule has 0 aromatic carbocycles. The summed E-state index contributed by atoms with van der Waals surface area (Å²) in [5.74, 6) is 0.243. The molecule has 0 radical (unpaired) electrons. The van der Waals surface area contributed by atoms with Crippen molar-refractivity contribution in [3.8, 4) is 0 Å². The van der Waals surface area contributed by atoms with Crippen molar-refractivity contribution >= 4 is 11.6 Å². The smallest absolute Gasteiger partial charge is 0.0908 e. The number of unbranched alkanes of at least 4 members (excludes halogenated alkanes) is 2. The van der Waals surface area contributed by atoms with Crippen LogP contribution in [-0.4, -0.2) is 30.3 Å². The van der Waals surface area contributed by atoms with E-state index in [2.05, 4.69) is 6.58 Å². The minimum atomic E-state index is -0.522. The van der Waals surface area contributed by atoms with E-state index in [1.165, 1.54) is 0 Å². The zero-order chi connectivity index (χ0) is 9.23. The second-order valence-electron chi connectivity index (χ2n) is 2.67. The van der Waals surface area contributed by atoms with Crippen LogP contribution in [0, 0.1) is 0 Å². The van der Waals surface area contributed by atoms with Gasteiger partial charge in [0.15, 0.2) is 0 Å². The van der Waals surface area contributed by atoms with E-state index in [4.69, 9.17) is 21.4 Å². The summed E-state index contributed by atoms with van der Waals surface area (Å²) in [5, 5.41) is 8.99. The Balaban J connectivity index is 2.95. The van der Waals surface area contributed by atoms with Crippen LogP contribution in [0.3, 0.4) is 0 Å². The molecule has 1 N–H and O–H groups in total. The molecule has 0 bridgehead atoms. The molecular formula is C9H17ClO2. The molecule has 0 aliphatic rings. The third kappa shape index (κ3) is 8.05. The van der Waals surface area contributed by atoms with E-state index in [9.17, 15) is 0 Å². The Bertz CT molecular complexity index is 107. The number of aliphatic hydroxyl groups excluding tert-OH is 1. The summed E-state index contributed by atoms with van der Waals surface area (Å²) in [5.41, 5.74) is 0. The number of hydrogen-bond donors (Lipinski definition) is 1. The average molecular weight is 193 g/mol. The van der Waals surface area contributed by atoms with Crippen LogP contribution in [0.1, 0.15) is 19.3 Å². The molecular weight excluding hydrogens is 176 g/mol. The second kappa shape index (κ2) is 9.04.